The van der Waals surface area contributed by atoms with Gasteiger partial charge in [-0.05, 0) is 59.1 Å². The van der Waals surface area contributed by atoms with Crippen LogP contribution in [0.4, 0.5) is 0 Å². The number of nitrogens with zero attached hydrogens (tertiary/aromatic N) is 5. The van der Waals surface area contributed by atoms with Crippen LogP contribution in [0.2, 0.25) is 0 Å². The predicted molar refractivity (Wildman–Crippen MR) is 167 cm³/mol. The molecule has 0 bridgehead atoms. The average Bonchev–Trinajstić information content (AvgIpc) is 3.42. The Hall–Kier alpha value is -2.03. The molecule has 14 heteroatoms. The van der Waals surface area contributed by atoms with Crippen LogP contribution in [0.3, 0.4) is 0 Å². The normalized spacial score (nSPS) is 10.7. The number of hydrogen-bond donors (Lipinski definition) is 1. The molecular formula is C24H32BBrN5O4S3. The van der Waals surface area contributed by atoms with Crippen molar-refractivity contribution in [2.45, 2.75) is 66.5 Å². The van der Waals surface area contributed by atoms with Gasteiger partial charge in [0, 0.05) is 27.2 Å². The van der Waals surface area contributed by atoms with E-state index in [0.29, 0.717) is 23.9 Å². The molecule has 0 saturated carbocycles. The standard InChI is InChI=1S/C12H15BrN2O2S.C12H16N2O2S.BHNS/c1-4-5-6-15-10(16)8-7(2)9(13)18-11(8)14(3)12(15)17;1-4-5-6-14-10(15)9-8(2)7-17-11(9)13(3)12(14)16;1-2-3/h4-6H2,1-3H3;7H,4-6H2,1-3H3;3H. The van der Waals surface area contributed by atoms with Crippen molar-refractivity contribution in [1.82, 2.24) is 18.3 Å². The SMILES string of the molecule is CCCCn1c(=O)c2c(C)c(Br)sc2n(C)c1=O.CCCCn1c(=O)c2c(C)csc2n(C)c1=O.[B]=NS. The third-order valence-electron chi connectivity index (χ3n) is 6.06. The molecule has 1 radical (unpaired) electrons. The molecule has 9 nitrogen and oxygen atoms in total. The minimum absolute atomic E-state index is 0.143. The topological polar surface area (TPSA) is 100 Å². The van der Waals surface area contributed by atoms with E-state index in [9.17, 15) is 19.2 Å². The zero-order valence-corrected chi connectivity index (χ0v) is 26.5. The maximum absolute atomic E-state index is 12.4. The van der Waals surface area contributed by atoms with Gasteiger partial charge in [-0.3, -0.25) is 27.9 Å². The van der Waals surface area contributed by atoms with Gasteiger partial charge in [-0.1, -0.05) is 26.7 Å². The first-order chi connectivity index (χ1) is 18.0. The van der Waals surface area contributed by atoms with Gasteiger partial charge >= 0.3 is 36.1 Å². The molecule has 0 unspecified atom stereocenters. The van der Waals surface area contributed by atoms with Gasteiger partial charge in [0.15, 0.2) is 0 Å². The zero-order chi connectivity index (χ0) is 28.7. The molecule has 4 rings (SSSR count). The minimum atomic E-state index is -0.227. The van der Waals surface area contributed by atoms with Crippen molar-refractivity contribution < 1.29 is 0 Å². The summed E-state index contributed by atoms with van der Waals surface area (Å²) in [6.45, 7) is 8.90. The molecule has 0 aliphatic heterocycles. The molecule has 0 N–H and O–H groups in total. The number of thiophene rings is 2. The van der Waals surface area contributed by atoms with E-state index in [1.807, 2.05) is 33.1 Å². The Morgan fingerprint density at radius 1 is 0.895 bits per heavy atom. The third-order valence-corrected chi connectivity index (χ3v) is 9.47. The van der Waals surface area contributed by atoms with Gasteiger partial charge < -0.3 is 0 Å². The van der Waals surface area contributed by atoms with Gasteiger partial charge in [-0.2, -0.15) is 0 Å². The molecule has 0 amide bonds. The van der Waals surface area contributed by atoms with Crippen molar-refractivity contribution in [1.29, 1.82) is 0 Å². The van der Waals surface area contributed by atoms with E-state index in [1.54, 1.807) is 23.2 Å². The molecule has 0 fully saturated rings. The molecule has 0 saturated heterocycles. The second-order valence-corrected chi connectivity index (χ2v) is 12.1. The van der Waals surface area contributed by atoms with Crippen LogP contribution >= 0.6 is 51.4 Å². The van der Waals surface area contributed by atoms with Crippen LogP contribution in [-0.2, 0) is 27.2 Å². The summed E-state index contributed by atoms with van der Waals surface area (Å²) in [4.78, 5) is 50.3. The van der Waals surface area contributed by atoms with E-state index < -0.39 is 0 Å². The number of hydrogen-bond acceptors (Lipinski definition) is 8. The summed E-state index contributed by atoms with van der Waals surface area (Å²) < 4.78 is 9.44. The molecule has 205 valence electrons. The van der Waals surface area contributed by atoms with Crippen molar-refractivity contribution in [3.63, 3.8) is 0 Å². The summed E-state index contributed by atoms with van der Waals surface area (Å²) in [5.74, 6) is 0. The summed E-state index contributed by atoms with van der Waals surface area (Å²) in [5.41, 5.74) is 1.13. The zero-order valence-electron chi connectivity index (χ0n) is 22.4. The van der Waals surface area contributed by atoms with E-state index in [4.69, 9.17) is 0 Å². The number of rotatable bonds is 6. The summed E-state index contributed by atoms with van der Waals surface area (Å²) >= 11 is 9.51. The first-order valence-electron chi connectivity index (χ1n) is 12.1. The van der Waals surface area contributed by atoms with Crippen LogP contribution in [-0.4, -0.2) is 25.9 Å². The van der Waals surface area contributed by atoms with Gasteiger partial charge in [0.05, 0.1) is 14.6 Å². The quantitative estimate of drug-likeness (QED) is 0.244. The van der Waals surface area contributed by atoms with Crippen LogP contribution in [0.1, 0.15) is 50.7 Å². The van der Waals surface area contributed by atoms with Crippen molar-refractivity contribution in [3.05, 3.63) is 62.0 Å². The van der Waals surface area contributed by atoms with Crippen molar-refractivity contribution in [3.8, 4) is 0 Å². The van der Waals surface area contributed by atoms with Crippen molar-refractivity contribution >= 4 is 79.5 Å². The maximum atomic E-state index is 12.4. The Balaban J connectivity index is 0.000000242. The summed E-state index contributed by atoms with van der Waals surface area (Å²) in [6, 6.07) is 0. The average molecular weight is 641 g/mol. The van der Waals surface area contributed by atoms with E-state index in [0.717, 1.165) is 50.3 Å². The van der Waals surface area contributed by atoms with Gasteiger partial charge in [0.25, 0.3) is 11.1 Å². The number of thiol groups is 1. The van der Waals surface area contributed by atoms with Crippen LogP contribution in [0.5, 0.6) is 0 Å². The summed E-state index contributed by atoms with van der Waals surface area (Å²) in [5, 5.41) is 3.27. The Bertz CT molecular complexity index is 1680. The summed E-state index contributed by atoms with van der Waals surface area (Å²) in [6.07, 6.45) is 3.62. The molecule has 0 aromatic carbocycles. The predicted octanol–water partition coefficient (Wildman–Crippen LogP) is 4.69. The molecular weight excluding hydrogens is 609 g/mol. The van der Waals surface area contributed by atoms with E-state index in [-0.39, 0.29) is 22.5 Å². The van der Waals surface area contributed by atoms with Crippen LogP contribution < -0.4 is 22.5 Å². The van der Waals surface area contributed by atoms with Crippen molar-refractivity contribution in [2.75, 3.05) is 0 Å². The third kappa shape index (κ3) is 6.57. The number of fused-ring (bicyclic) bond motifs is 2. The number of aromatic nitrogens is 4. The van der Waals surface area contributed by atoms with Crippen molar-refractivity contribution in [2.24, 2.45) is 18.4 Å². The fourth-order valence-electron chi connectivity index (χ4n) is 3.90. The van der Waals surface area contributed by atoms with Gasteiger partial charge in [0.2, 0.25) is 0 Å². The van der Waals surface area contributed by atoms with E-state index in [2.05, 4.69) is 40.7 Å². The van der Waals surface area contributed by atoms with Gasteiger partial charge in [-0.15, -0.1) is 22.7 Å². The first-order valence-corrected chi connectivity index (χ1v) is 15.0. The second kappa shape index (κ2) is 14.4. The fourth-order valence-corrected chi connectivity index (χ4v) is 6.55. The molecule has 4 aromatic heterocycles. The van der Waals surface area contributed by atoms with Crippen LogP contribution in [0, 0.1) is 13.8 Å². The Kier molecular flexibility index (Phi) is 12.2. The number of halogens is 1. The first kappa shape index (κ1) is 32.2. The van der Waals surface area contributed by atoms with E-state index in [1.165, 1.54) is 31.8 Å². The Morgan fingerprint density at radius 2 is 1.34 bits per heavy atom. The Labute approximate surface area is 243 Å². The molecule has 38 heavy (non-hydrogen) atoms. The molecule has 4 heterocycles. The molecule has 0 atom stereocenters. The number of unbranched alkanes of at least 4 members (excludes halogenated alkanes) is 2. The van der Waals surface area contributed by atoms with Crippen LogP contribution in [0.15, 0.2) is 32.6 Å². The van der Waals surface area contributed by atoms with Crippen LogP contribution in [0.25, 0.3) is 20.4 Å². The van der Waals surface area contributed by atoms with E-state index >= 15 is 0 Å². The fraction of sp³-hybridized carbons (Fsp3) is 0.500. The summed E-state index contributed by atoms with van der Waals surface area (Å²) in [7, 11) is 7.78. The molecule has 0 spiro atoms. The van der Waals surface area contributed by atoms with Gasteiger partial charge in [-0.25, -0.2) is 9.59 Å². The second-order valence-electron chi connectivity index (χ2n) is 8.70. The van der Waals surface area contributed by atoms with Gasteiger partial charge in [0.1, 0.15) is 9.66 Å². The molecule has 4 aromatic rings. The Morgan fingerprint density at radius 3 is 1.82 bits per heavy atom. The molecule has 0 aliphatic rings. The number of aryl methyl sites for hydroxylation is 4. The monoisotopic (exact) mass is 640 g/mol. The molecule has 0 aliphatic carbocycles.